The molecule has 5 heteroatoms. The largest absolute Gasteiger partial charge is 0.484 e. The first-order chi connectivity index (χ1) is 8.65. The van der Waals surface area contributed by atoms with Gasteiger partial charge in [0.25, 0.3) is 5.91 Å². The first-order valence-corrected chi connectivity index (χ1v) is 6.81. The number of rotatable bonds is 4. The predicted octanol–water partition coefficient (Wildman–Crippen LogP) is 3.03. The van der Waals surface area contributed by atoms with Gasteiger partial charge < -0.3 is 10.1 Å². The van der Waals surface area contributed by atoms with Crippen LogP contribution in [0.2, 0.25) is 0 Å². The number of carbonyl (C=O) groups is 1. The summed E-state index contributed by atoms with van der Waals surface area (Å²) in [6.07, 6.45) is 4.45. The van der Waals surface area contributed by atoms with Crippen molar-refractivity contribution in [2.45, 2.75) is 31.7 Å². The summed E-state index contributed by atoms with van der Waals surface area (Å²) in [6.45, 7) is -0.0332. The molecule has 0 radical (unpaired) electrons. The minimum absolute atomic E-state index is 0.0332. The van der Waals surface area contributed by atoms with E-state index in [1.807, 2.05) is 0 Å². The molecule has 18 heavy (non-hydrogen) atoms. The van der Waals surface area contributed by atoms with Crippen LogP contribution in [0.1, 0.15) is 25.7 Å². The van der Waals surface area contributed by atoms with Gasteiger partial charge in [0.1, 0.15) is 11.6 Å². The first-order valence-electron chi connectivity index (χ1n) is 6.02. The summed E-state index contributed by atoms with van der Waals surface area (Å²) in [5, 5.41) is 2.93. The molecule has 0 spiro atoms. The molecule has 0 saturated heterocycles. The molecule has 1 aliphatic rings. The zero-order chi connectivity index (χ0) is 13.0. The van der Waals surface area contributed by atoms with Crippen LogP contribution in [0.15, 0.2) is 22.7 Å². The average molecular weight is 316 g/mol. The molecular weight excluding hydrogens is 301 g/mol. The molecule has 1 amide bonds. The normalized spacial score (nSPS) is 15.7. The quantitative estimate of drug-likeness (QED) is 0.927. The van der Waals surface area contributed by atoms with Crippen molar-refractivity contribution in [3.63, 3.8) is 0 Å². The Labute approximate surface area is 114 Å². The lowest BCUT2D eigenvalue weighted by Crippen LogP contribution is -2.36. The van der Waals surface area contributed by atoms with Crippen LogP contribution in [0.5, 0.6) is 5.75 Å². The van der Waals surface area contributed by atoms with Crippen LogP contribution in [-0.4, -0.2) is 18.6 Å². The van der Waals surface area contributed by atoms with E-state index >= 15 is 0 Å². The average Bonchev–Trinajstić information content (AvgIpc) is 2.83. The van der Waals surface area contributed by atoms with Gasteiger partial charge in [-0.3, -0.25) is 4.79 Å². The number of hydrogen-bond acceptors (Lipinski definition) is 2. The van der Waals surface area contributed by atoms with E-state index in [1.54, 1.807) is 0 Å². The van der Waals surface area contributed by atoms with E-state index in [9.17, 15) is 9.18 Å². The van der Waals surface area contributed by atoms with Gasteiger partial charge in [-0.05, 0) is 47.0 Å². The molecule has 1 aliphatic carbocycles. The van der Waals surface area contributed by atoms with Crippen LogP contribution < -0.4 is 10.1 Å². The maximum absolute atomic E-state index is 13.0. The summed E-state index contributed by atoms with van der Waals surface area (Å²) in [5.41, 5.74) is 0. The van der Waals surface area contributed by atoms with Crippen molar-refractivity contribution in [2.24, 2.45) is 0 Å². The Balaban J connectivity index is 1.79. The van der Waals surface area contributed by atoms with E-state index in [-0.39, 0.29) is 18.3 Å². The molecule has 1 N–H and O–H groups in total. The van der Waals surface area contributed by atoms with E-state index < -0.39 is 0 Å². The Kier molecular flexibility index (Phi) is 4.58. The van der Waals surface area contributed by atoms with Gasteiger partial charge in [-0.1, -0.05) is 12.8 Å². The van der Waals surface area contributed by atoms with Gasteiger partial charge in [0, 0.05) is 6.04 Å². The molecular formula is C13H15BrFNO2. The van der Waals surface area contributed by atoms with Crippen molar-refractivity contribution in [2.75, 3.05) is 6.61 Å². The van der Waals surface area contributed by atoms with Gasteiger partial charge in [0.15, 0.2) is 6.61 Å². The summed E-state index contributed by atoms with van der Waals surface area (Å²) in [7, 11) is 0. The SMILES string of the molecule is O=C(COc1ccc(F)c(Br)c1)NC1CCCC1. The molecule has 0 aliphatic heterocycles. The van der Waals surface area contributed by atoms with E-state index in [4.69, 9.17) is 4.74 Å². The lowest BCUT2D eigenvalue weighted by atomic mass is 10.2. The maximum Gasteiger partial charge on any atom is 0.258 e. The van der Waals surface area contributed by atoms with Crippen LogP contribution in [0, 0.1) is 5.82 Å². The monoisotopic (exact) mass is 315 g/mol. The number of ether oxygens (including phenoxy) is 1. The number of hydrogen-bond donors (Lipinski definition) is 1. The highest BCUT2D eigenvalue weighted by Crippen LogP contribution is 2.21. The highest BCUT2D eigenvalue weighted by Gasteiger charge is 2.17. The van der Waals surface area contributed by atoms with E-state index in [0.29, 0.717) is 16.3 Å². The molecule has 0 unspecified atom stereocenters. The van der Waals surface area contributed by atoms with Crippen molar-refractivity contribution in [3.05, 3.63) is 28.5 Å². The Hall–Kier alpha value is -1.10. The molecule has 1 aromatic carbocycles. The van der Waals surface area contributed by atoms with Crippen molar-refractivity contribution >= 4 is 21.8 Å². The highest BCUT2D eigenvalue weighted by atomic mass is 79.9. The maximum atomic E-state index is 13.0. The summed E-state index contributed by atoms with van der Waals surface area (Å²) in [6, 6.07) is 4.61. The molecule has 0 aromatic heterocycles. The fourth-order valence-electron chi connectivity index (χ4n) is 2.06. The smallest absolute Gasteiger partial charge is 0.258 e. The third kappa shape index (κ3) is 3.70. The van der Waals surface area contributed by atoms with Crippen LogP contribution >= 0.6 is 15.9 Å². The summed E-state index contributed by atoms with van der Waals surface area (Å²) in [5.74, 6) is 0.00458. The molecule has 1 saturated carbocycles. The van der Waals surface area contributed by atoms with E-state index in [1.165, 1.54) is 31.0 Å². The van der Waals surface area contributed by atoms with Gasteiger partial charge in [-0.2, -0.15) is 0 Å². The molecule has 3 nitrogen and oxygen atoms in total. The second kappa shape index (κ2) is 6.18. The molecule has 2 rings (SSSR count). The van der Waals surface area contributed by atoms with Gasteiger partial charge >= 0.3 is 0 Å². The van der Waals surface area contributed by atoms with E-state index in [0.717, 1.165) is 12.8 Å². The second-order valence-electron chi connectivity index (χ2n) is 4.41. The van der Waals surface area contributed by atoms with Crippen molar-refractivity contribution in [1.82, 2.24) is 5.32 Å². The summed E-state index contributed by atoms with van der Waals surface area (Å²) >= 11 is 3.07. The second-order valence-corrected chi connectivity index (χ2v) is 5.27. The zero-order valence-corrected chi connectivity index (χ0v) is 11.5. The summed E-state index contributed by atoms with van der Waals surface area (Å²) in [4.78, 5) is 11.6. The lowest BCUT2D eigenvalue weighted by molar-refractivity contribution is -0.123. The lowest BCUT2D eigenvalue weighted by Gasteiger charge is -2.12. The van der Waals surface area contributed by atoms with Crippen LogP contribution in [0.25, 0.3) is 0 Å². The third-order valence-corrected chi connectivity index (χ3v) is 3.59. The topological polar surface area (TPSA) is 38.3 Å². The summed E-state index contributed by atoms with van der Waals surface area (Å²) < 4.78 is 18.6. The van der Waals surface area contributed by atoms with Gasteiger partial charge in [0.05, 0.1) is 4.47 Å². The van der Waals surface area contributed by atoms with Gasteiger partial charge in [-0.15, -0.1) is 0 Å². The Morgan fingerprint density at radius 2 is 2.17 bits per heavy atom. The van der Waals surface area contributed by atoms with Crippen molar-refractivity contribution in [1.29, 1.82) is 0 Å². The molecule has 1 aromatic rings. The standard InChI is InChI=1S/C13H15BrFNO2/c14-11-7-10(5-6-12(11)15)18-8-13(17)16-9-3-1-2-4-9/h5-7,9H,1-4,8H2,(H,16,17). The molecule has 0 heterocycles. The zero-order valence-electron chi connectivity index (χ0n) is 9.92. The Bertz CT molecular complexity index is 433. The number of benzene rings is 1. The van der Waals surface area contributed by atoms with Crippen LogP contribution in [0.4, 0.5) is 4.39 Å². The van der Waals surface area contributed by atoms with Gasteiger partial charge in [0.2, 0.25) is 0 Å². The number of amides is 1. The number of nitrogens with one attached hydrogen (secondary N) is 1. The molecule has 0 bridgehead atoms. The third-order valence-electron chi connectivity index (χ3n) is 2.98. The van der Waals surface area contributed by atoms with Gasteiger partial charge in [-0.25, -0.2) is 4.39 Å². The minimum atomic E-state index is -0.349. The first kappa shape index (κ1) is 13.3. The predicted molar refractivity (Wildman–Crippen MR) is 70.0 cm³/mol. The van der Waals surface area contributed by atoms with Crippen molar-refractivity contribution < 1.29 is 13.9 Å². The minimum Gasteiger partial charge on any atom is -0.484 e. The molecule has 98 valence electrons. The Morgan fingerprint density at radius 3 is 2.83 bits per heavy atom. The van der Waals surface area contributed by atoms with Crippen LogP contribution in [-0.2, 0) is 4.79 Å². The number of carbonyl (C=O) groups excluding carboxylic acids is 1. The molecule has 0 atom stereocenters. The fraction of sp³-hybridized carbons (Fsp3) is 0.462. The fourth-order valence-corrected chi connectivity index (χ4v) is 2.41. The Morgan fingerprint density at radius 1 is 1.44 bits per heavy atom. The van der Waals surface area contributed by atoms with Crippen molar-refractivity contribution in [3.8, 4) is 5.75 Å². The van der Waals surface area contributed by atoms with Crippen LogP contribution in [0.3, 0.4) is 0 Å². The van der Waals surface area contributed by atoms with E-state index in [2.05, 4.69) is 21.2 Å². The molecule has 1 fully saturated rings. The highest BCUT2D eigenvalue weighted by molar-refractivity contribution is 9.10. The number of halogens is 2.